The van der Waals surface area contributed by atoms with Crippen LogP contribution in [0.1, 0.15) is 37.6 Å². The summed E-state index contributed by atoms with van der Waals surface area (Å²) < 4.78 is 1.88. The summed E-state index contributed by atoms with van der Waals surface area (Å²) in [5, 5.41) is 12.4. The molecule has 0 aliphatic heterocycles. The summed E-state index contributed by atoms with van der Waals surface area (Å²) in [5.41, 5.74) is 7.15. The molecule has 2 heterocycles. The van der Waals surface area contributed by atoms with Crippen LogP contribution >= 0.6 is 11.3 Å². The average molecular weight is 264 g/mol. The molecule has 5 heteroatoms. The van der Waals surface area contributed by atoms with Gasteiger partial charge in [-0.15, -0.1) is 10.2 Å². The molecule has 4 nitrogen and oxygen atoms in total. The van der Waals surface area contributed by atoms with E-state index in [4.69, 9.17) is 5.73 Å². The molecule has 0 bridgehead atoms. The van der Waals surface area contributed by atoms with Gasteiger partial charge in [0.05, 0.1) is 0 Å². The Hall–Kier alpha value is -1.36. The highest BCUT2D eigenvalue weighted by Gasteiger charge is 2.20. The van der Waals surface area contributed by atoms with Crippen LogP contribution in [0.2, 0.25) is 0 Å². The van der Waals surface area contributed by atoms with E-state index in [0.29, 0.717) is 17.8 Å². The van der Waals surface area contributed by atoms with Gasteiger partial charge in [0.1, 0.15) is 5.82 Å². The van der Waals surface area contributed by atoms with E-state index in [9.17, 15) is 0 Å². The zero-order chi connectivity index (χ0) is 13.1. The zero-order valence-electron chi connectivity index (χ0n) is 11.1. The predicted octanol–water partition coefficient (Wildman–Crippen LogP) is 2.83. The molecule has 0 aliphatic carbocycles. The molecule has 98 valence electrons. The highest BCUT2D eigenvalue weighted by atomic mass is 32.1. The summed E-state index contributed by atoms with van der Waals surface area (Å²) in [4.78, 5) is 0. The number of nitrogens with zero attached hydrogens (tertiary/aromatic N) is 3. The van der Waals surface area contributed by atoms with Gasteiger partial charge in [-0.1, -0.05) is 13.8 Å². The van der Waals surface area contributed by atoms with Crippen LogP contribution in [0.5, 0.6) is 0 Å². The minimum atomic E-state index is 0.374. The standard InChI is InChI=1S/C13H20N4S/c1-9(4-5-11-6-7-18-8-11)10(2)12-15-16-13(14)17(12)3/h6-10H,4-5H2,1-3H3,(H2,14,16). The Morgan fingerprint density at radius 2 is 2.17 bits per heavy atom. The molecular weight excluding hydrogens is 244 g/mol. The largest absolute Gasteiger partial charge is 0.368 e. The fourth-order valence-electron chi connectivity index (χ4n) is 2.08. The first-order valence-electron chi connectivity index (χ1n) is 6.25. The summed E-state index contributed by atoms with van der Waals surface area (Å²) in [7, 11) is 1.92. The van der Waals surface area contributed by atoms with Crippen molar-refractivity contribution < 1.29 is 0 Å². The topological polar surface area (TPSA) is 56.7 Å². The van der Waals surface area contributed by atoms with Gasteiger partial charge in [0, 0.05) is 13.0 Å². The third-order valence-corrected chi connectivity index (χ3v) is 4.40. The van der Waals surface area contributed by atoms with Gasteiger partial charge < -0.3 is 10.3 Å². The van der Waals surface area contributed by atoms with Crippen molar-refractivity contribution in [2.75, 3.05) is 5.73 Å². The molecule has 0 saturated heterocycles. The number of aromatic nitrogens is 3. The van der Waals surface area contributed by atoms with Gasteiger partial charge >= 0.3 is 0 Å². The number of nitrogens with two attached hydrogens (primary N) is 1. The minimum absolute atomic E-state index is 0.374. The fraction of sp³-hybridized carbons (Fsp3) is 0.538. The highest BCUT2D eigenvalue weighted by Crippen LogP contribution is 2.27. The van der Waals surface area contributed by atoms with E-state index in [0.717, 1.165) is 18.7 Å². The monoisotopic (exact) mass is 264 g/mol. The molecule has 2 aromatic heterocycles. The molecule has 2 aromatic rings. The second kappa shape index (κ2) is 5.52. The Kier molecular flexibility index (Phi) is 4.01. The predicted molar refractivity (Wildman–Crippen MR) is 75.6 cm³/mol. The first-order valence-corrected chi connectivity index (χ1v) is 7.19. The van der Waals surface area contributed by atoms with Gasteiger partial charge in [0.2, 0.25) is 5.95 Å². The Bertz CT molecular complexity index is 489. The van der Waals surface area contributed by atoms with E-state index in [2.05, 4.69) is 40.9 Å². The molecule has 0 fully saturated rings. The van der Waals surface area contributed by atoms with E-state index in [-0.39, 0.29) is 0 Å². The fourth-order valence-corrected chi connectivity index (χ4v) is 2.79. The van der Waals surface area contributed by atoms with E-state index < -0.39 is 0 Å². The second-order valence-electron chi connectivity index (χ2n) is 4.91. The third-order valence-electron chi connectivity index (χ3n) is 3.67. The van der Waals surface area contributed by atoms with Crippen LogP contribution in [0.25, 0.3) is 0 Å². The number of aryl methyl sites for hydroxylation is 1. The van der Waals surface area contributed by atoms with Gasteiger partial charge in [-0.25, -0.2) is 0 Å². The Labute approximate surface area is 112 Å². The summed E-state index contributed by atoms with van der Waals surface area (Å²) >= 11 is 1.76. The number of anilines is 1. The number of rotatable bonds is 5. The molecule has 0 aromatic carbocycles. The van der Waals surface area contributed by atoms with E-state index in [1.165, 1.54) is 5.56 Å². The smallest absolute Gasteiger partial charge is 0.221 e. The SMILES string of the molecule is CC(CCc1ccsc1)C(C)c1nnc(N)n1C. The summed E-state index contributed by atoms with van der Waals surface area (Å²) in [5.74, 6) is 2.40. The number of hydrogen-bond donors (Lipinski definition) is 1. The first kappa shape index (κ1) is 13.1. The van der Waals surface area contributed by atoms with Crippen LogP contribution in [0.4, 0.5) is 5.95 Å². The molecule has 2 rings (SSSR count). The van der Waals surface area contributed by atoms with E-state index in [1.807, 2.05) is 11.6 Å². The molecule has 0 saturated carbocycles. The molecule has 2 atom stereocenters. The van der Waals surface area contributed by atoms with Crippen LogP contribution in [0.15, 0.2) is 16.8 Å². The maximum absolute atomic E-state index is 5.72. The van der Waals surface area contributed by atoms with Crippen LogP contribution in [0, 0.1) is 5.92 Å². The van der Waals surface area contributed by atoms with Crippen molar-refractivity contribution in [3.63, 3.8) is 0 Å². The first-order chi connectivity index (χ1) is 8.59. The van der Waals surface area contributed by atoms with Crippen LogP contribution in [-0.4, -0.2) is 14.8 Å². The molecule has 0 amide bonds. The third kappa shape index (κ3) is 2.72. The van der Waals surface area contributed by atoms with Crippen LogP contribution < -0.4 is 5.73 Å². The quantitative estimate of drug-likeness (QED) is 0.903. The Morgan fingerprint density at radius 3 is 2.72 bits per heavy atom. The zero-order valence-corrected chi connectivity index (χ0v) is 11.9. The Morgan fingerprint density at radius 1 is 1.39 bits per heavy atom. The molecule has 0 spiro atoms. The highest BCUT2D eigenvalue weighted by molar-refractivity contribution is 7.07. The van der Waals surface area contributed by atoms with Gasteiger partial charge in [0.25, 0.3) is 0 Å². The van der Waals surface area contributed by atoms with E-state index >= 15 is 0 Å². The van der Waals surface area contributed by atoms with Crippen molar-refractivity contribution in [1.29, 1.82) is 0 Å². The van der Waals surface area contributed by atoms with Crippen molar-refractivity contribution in [3.8, 4) is 0 Å². The molecule has 0 radical (unpaired) electrons. The molecule has 0 aliphatic rings. The summed E-state index contributed by atoms with van der Waals surface area (Å²) in [6.07, 6.45) is 2.28. The molecule has 18 heavy (non-hydrogen) atoms. The lowest BCUT2D eigenvalue weighted by molar-refractivity contribution is 0.429. The van der Waals surface area contributed by atoms with Crippen molar-refractivity contribution in [3.05, 3.63) is 28.2 Å². The normalized spacial score (nSPS) is 14.6. The second-order valence-corrected chi connectivity index (χ2v) is 5.69. The van der Waals surface area contributed by atoms with Gasteiger partial charge in [-0.3, -0.25) is 0 Å². The average Bonchev–Trinajstić information content (AvgIpc) is 2.97. The molecular formula is C13H20N4S. The lowest BCUT2D eigenvalue weighted by Crippen LogP contribution is -2.13. The lowest BCUT2D eigenvalue weighted by Gasteiger charge is -2.18. The van der Waals surface area contributed by atoms with Gasteiger partial charge in [0.15, 0.2) is 0 Å². The van der Waals surface area contributed by atoms with Crippen molar-refractivity contribution in [1.82, 2.24) is 14.8 Å². The van der Waals surface area contributed by atoms with Crippen LogP contribution in [0.3, 0.4) is 0 Å². The lowest BCUT2D eigenvalue weighted by atomic mass is 9.90. The molecule has 2 unspecified atom stereocenters. The molecule has 2 N–H and O–H groups in total. The number of thiophene rings is 1. The Balaban J connectivity index is 1.96. The van der Waals surface area contributed by atoms with Crippen molar-refractivity contribution in [2.24, 2.45) is 13.0 Å². The number of nitrogen functional groups attached to an aromatic ring is 1. The van der Waals surface area contributed by atoms with Crippen molar-refractivity contribution >= 4 is 17.3 Å². The van der Waals surface area contributed by atoms with Crippen LogP contribution in [-0.2, 0) is 13.5 Å². The summed E-state index contributed by atoms with van der Waals surface area (Å²) in [6, 6.07) is 2.20. The van der Waals surface area contributed by atoms with E-state index in [1.54, 1.807) is 11.3 Å². The summed E-state index contributed by atoms with van der Waals surface area (Å²) in [6.45, 7) is 4.46. The minimum Gasteiger partial charge on any atom is -0.368 e. The maximum Gasteiger partial charge on any atom is 0.221 e. The van der Waals surface area contributed by atoms with Gasteiger partial charge in [-0.05, 0) is 41.1 Å². The maximum atomic E-state index is 5.72. The van der Waals surface area contributed by atoms with Gasteiger partial charge in [-0.2, -0.15) is 11.3 Å². The van der Waals surface area contributed by atoms with Crippen molar-refractivity contribution in [2.45, 2.75) is 32.6 Å². The number of hydrogen-bond acceptors (Lipinski definition) is 4.